The SMILES string of the molecule is C=C(N=C/C=C\N)N1CCN(CCC#Cc2cn(Cc3ncc(C)c(OC)c3C)c3nc(N)nc(Cl)c23)CC1. The molecule has 0 aromatic carbocycles. The third kappa shape index (κ3) is 6.50. The van der Waals surface area contributed by atoms with Crippen LogP contribution in [0.15, 0.2) is 42.1 Å². The number of aliphatic imine (C=N–C) groups is 1. The smallest absolute Gasteiger partial charge is 0.223 e. The van der Waals surface area contributed by atoms with Crippen LogP contribution in [-0.4, -0.2) is 75.4 Å². The number of fused-ring (bicyclic) bond motifs is 1. The number of hydrogen-bond acceptors (Lipinski definition) is 9. The van der Waals surface area contributed by atoms with Gasteiger partial charge in [-0.2, -0.15) is 4.98 Å². The molecule has 1 saturated heterocycles. The van der Waals surface area contributed by atoms with Crippen molar-refractivity contribution >= 4 is 34.8 Å². The first kappa shape index (κ1) is 28.0. The van der Waals surface area contributed by atoms with Crippen LogP contribution in [0, 0.1) is 25.7 Å². The van der Waals surface area contributed by atoms with Gasteiger partial charge in [-0.15, -0.1) is 0 Å². The minimum Gasteiger partial charge on any atom is -0.496 e. The first-order chi connectivity index (χ1) is 18.8. The van der Waals surface area contributed by atoms with E-state index in [0.29, 0.717) is 17.6 Å². The van der Waals surface area contributed by atoms with E-state index in [9.17, 15) is 0 Å². The summed E-state index contributed by atoms with van der Waals surface area (Å²) in [5.41, 5.74) is 15.5. The molecule has 0 bridgehead atoms. The van der Waals surface area contributed by atoms with Crippen LogP contribution >= 0.6 is 11.6 Å². The van der Waals surface area contributed by atoms with E-state index in [4.69, 9.17) is 27.8 Å². The van der Waals surface area contributed by atoms with E-state index in [2.05, 4.69) is 48.2 Å². The van der Waals surface area contributed by atoms with E-state index in [1.165, 1.54) is 6.20 Å². The molecule has 10 nitrogen and oxygen atoms in total. The van der Waals surface area contributed by atoms with E-state index in [-0.39, 0.29) is 11.1 Å². The van der Waals surface area contributed by atoms with Crippen molar-refractivity contribution in [2.24, 2.45) is 10.7 Å². The Kier molecular flexibility index (Phi) is 9.07. The quantitative estimate of drug-likeness (QED) is 0.250. The summed E-state index contributed by atoms with van der Waals surface area (Å²) in [6.45, 7) is 12.9. The van der Waals surface area contributed by atoms with Crippen LogP contribution in [0.5, 0.6) is 5.75 Å². The van der Waals surface area contributed by atoms with Crippen molar-refractivity contribution in [3.63, 3.8) is 0 Å². The number of methoxy groups -OCH3 is 1. The largest absolute Gasteiger partial charge is 0.496 e. The highest BCUT2D eigenvalue weighted by molar-refractivity contribution is 6.34. The third-order valence-corrected chi connectivity index (χ3v) is 6.97. The molecular weight excluding hydrogens is 514 g/mol. The predicted molar refractivity (Wildman–Crippen MR) is 157 cm³/mol. The summed E-state index contributed by atoms with van der Waals surface area (Å²) < 4.78 is 7.54. The summed E-state index contributed by atoms with van der Waals surface area (Å²) in [5.74, 6) is 8.28. The molecule has 0 spiro atoms. The van der Waals surface area contributed by atoms with Crippen molar-refractivity contribution in [3.05, 3.63) is 64.6 Å². The number of hydrogen-bond donors (Lipinski definition) is 2. The van der Waals surface area contributed by atoms with Gasteiger partial charge in [-0.05, 0) is 26.1 Å². The van der Waals surface area contributed by atoms with Crippen molar-refractivity contribution in [1.82, 2.24) is 29.3 Å². The molecule has 3 aromatic heterocycles. The Morgan fingerprint density at radius 3 is 2.74 bits per heavy atom. The molecule has 11 heteroatoms. The Bertz CT molecular complexity index is 1470. The molecule has 0 saturated carbocycles. The lowest BCUT2D eigenvalue weighted by Gasteiger charge is -2.35. The molecule has 0 unspecified atom stereocenters. The molecular formula is C28H34ClN9O. The summed E-state index contributed by atoms with van der Waals surface area (Å²) in [5, 5.41) is 0.972. The number of aryl methyl sites for hydroxylation is 1. The Balaban J connectivity index is 1.46. The fourth-order valence-corrected chi connectivity index (χ4v) is 4.90. The average Bonchev–Trinajstić information content (AvgIpc) is 3.26. The van der Waals surface area contributed by atoms with Gasteiger partial charge in [0, 0.05) is 68.9 Å². The minimum atomic E-state index is 0.112. The maximum Gasteiger partial charge on any atom is 0.223 e. The third-order valence-electron chi connectivity index (χ3n) is 6.69. The second-order valence-corrected chi connectivity index (χ2v) is 9.61. The monoisotopic (exact) mass is 547 g/mol. The zero-order valence-corrected chi connectivity index (χ0v) is 23.4. The number of ether oxygens (including phenoxy) is 1. The molecule has 0 amide bonds. The minimum absolute atomic E-state index is 0.112. The number of pyridine rings is 1. The molecule has 1 aliphatic rings. The number of allylic oxidation sites excluding steroid dienone is 1. The highest BCUT2D eigenvalue weighted by atomic mass is 35.5. The molecule has 4 heterocycles. The molecule has 4 rings (SSSR count). The van der Waals surface area contributed by atoms with Gasteiger partial charge in [0.2, 0.25) is 5.95 Å². The van der Waals surface area contributed by atoms with Crippen LogP contribution in [0.25, 0.3) is 11.0 Å². The van der Waals surface area contributed by atoms with E-state index in [0.717, 1.165) is 73.1 Å². The zero-order chi connectivity index (χ0) is 27.9. The number of nitrogens with two attached hydrogens (primary N) is 2. The summed E-state index contributed by atoms with van der Waals surface area (Å²) in [6.07, 6.45) is 9.26. The fraction of sp³-hybridized carbons (Fsp3) is 0.357. The van der Waals surface area contributed by atoms with Gasteiger partial charge in [0.15, 0.2) is 0 Å². The van der Waals surface area contributed by atoms with Gasteiger partial charge in [-0.1, -0.05) is 30.0 Å². The van der Waals surface area contributed by atoms with E-state index >= 15 is 0 Å². The molecule has 0 atom stereocenters. The molecule has 204 valence electrons. The summed E-state index contributed by atoms with van der Waals surface area (Å²) in [7, 11) is 1.67. The first-order valence-electron chi connectivity index (χ1n) is 12.7. The van der Waals surface area contributed by atoms with Crippen LogP contribution in [0.2, 0.25) is 5.15 Å². The van der Waals surface area contributed by atoms with Crippen molar-refractivity contribution in [2.75, 3.05) is 45.6 Å². The van der Waals surface area contributed by atoms with Gasteiger partial charge in [0.05, 0.1) is 30.3 Å². The highest BCUT2D eigenvalue weighted by Gasteiger charge is 2.18. The van der Waals surface area contributed by atoms with Gasteiger partial charge in [-0.3, -0.25) is 9.88 Å². The zero-order valence-electron chi connectivity index (χ0n) is 22.6. The van der Waals surface area contributed by atoms with Crippen molar-refractivity contribution in [2.45, 2.75) is 26.8 Å². The Morgan fingerprint density at radius 2 is 2.03 bits per heavy atom. The topological polar surface area (TPSA) is 124 Å². The predicted octanol–water partition coefficient (Wildman–Crippen LogP) is 3.11. The maximum atomic E-state index is 6.51. The van der Waals surface area contributed by atoms with Gasteiger partial charge in [0.25, 0.3) is 0 Å². The standard InChI is InChI=1S/C28H34ClN9O/c1-19-16-33-23(20(2)25(19)39-4)18-38-17-22(24-26(29)34-28(31)35-27(24)38)8-5-6-11-36-12-14-37(15-13-36)21(3)32-10-7-9-30/h7,9-10,16-17H,3,6,11-15,18,30H2,1-2,4H3,(H2,31,34,35)/b9-7-,32-10?. The van der Waals surface area contributed by atoms with E-state index < -0.39 is 0 Å². The fourth-order valence-electron chi connectivity index (χ4n) is 4.63. The van der Waals surface area contributed by atoms with E-state index in [1.54, 1.807) is 19.4 Å². The van der Waals surface area contributed by atoms with Crippen LogP contribution in [0.1, 0.15) is 28.8 Å². The first-order valence-corrected chi connectivity index (χ1v) is 13.1. The van der Waals surface area contributed by atoms with Crippen LogP contribution in [-0.2, 0) is 6.54 Å². The molecule has 0 aliphatic carbocycles. The molecule has 0 radical (unpaired) electrons. The second kappa shape index (κ2) is 12.7. The Morgan fingerprint density at radius 1 is 1.26 bits per heavy atom. The average molecular weight is 548 g/mol. The number of anilines is 1. The van der Waals surface area contributed by atoms with Gasteiger partial charge in [-0.25, -0.2) is 9.98 Å². The maximum absolute atomic E-state index is 6.51. The highest BCUT2D eigenvalue weighted by Crippen LogP contribution is 2.29. The lowest BCUT2D eigenvalue weighted by molar-refractivity contribution is 0.161. The normalized spacial score (nSPS) is 14.3. The summed E-state index contributed by atoms with van der Waals surface area (Å²) in [4.78, 5) is 22.1. The number of halogens is 1. The summed E-state index contributed by atoms with van der Waals surface area (Å²) >= 11 is 6.51. The lowest BCUT2D eigenvalue weighted by Crippen LogP contribution is -2.45. The molecule has 4 N–H and O–H groups in total. The Labute approximate surface area is 234 Å². The molecule has 39 heavy (non-hydrogen) atoms. The number of rotatable bonds is 8. The number of nitrogens with zero attached hydrogens (tertiary/aromatic N) is 7. The molecule has 1 aliphatic heterocycles. The van der Waals surface area contributed by atoms with Crippen molar-refractivity contribution in [1.29, 1.82) is 0 Å². The van der Waals surface area contributed by atoms with Gasteiger partial charge in [0.1, 0.15) is 22.4 Å². The van der Waals surface area contributed by atoms with E-state index in [1.807, 2.05) is 30.8 Å². The second-order valence-electron chi connectivity index (χ2n) is 9.25. The van der Waals surface area contributed by atoms with Gasteiger partial charge < -0.3 is 25.7 Å². The van der Waals surface area contributed by atoms with Crippen LogP contribution < -0.4 is 16.2 Å². The van der Waals surface area contributed by atoms with Crippen LogP contribution in [0.3, 0.4) is 0 Å². The Hall–Kier alpha value is -4.07. The number of piperazine rings is 1. The lowest BCUT2D eigenvalue weighted by atomic mass is 10.1. The molecule has 1 fully saturated rings. The summed E-state index contributed by atoms with van der Waals surface area (Å²) in [6, 6.07) is 0. The van der Waals surface area contributed by atoms with Crippen molar-refractivity contribution < 1.29 is 4.74 Å². The number of aromatic nitrogens is 4. The molecule has 3 aromatic rings. The van der Waals surface area contributed by atoms with Crippen LogP contribution in [0.4, 0.5) is 5.95 Å². The van der Waals surface area contributed by atoms with Crippen molar-refractivity contribution in [3.8, 4) is 17.6 Å². The number of nitrogen functional groups attached to an aromatic ring is 1. The van der Waals surface area contributed by atoms with Gasteiger partial charge >= 0.3 is 0 Å².